The summed E-state index contributed by atoms with van der Waals surface area (Å²) < 4.78 is 0. The molecule has 0 fully saturated rings. The number of hydrogen-bond acceptors (Lipinski definition) is 3. The lowest BCUT2D eigenvalue weighted by Crippen LogP contribution is -2.23. The van der Waals surface area contributed by atoms with Gasteiger partial charge in [-0.15, -0.1) is 0 Å². The standard InChI is InChI=1S/C19H20N2O3/c1-13-5-7-15(8-6-13)17(22)9-10-18(23)21-12-14-3-2-4-16(11-14)19(20)24/h2-8,11H,9-10,12H2,1H3,(H2,20,24)(H,21,23). The number of benzene rings is 2. The Morgan fingerprint density at radius 3 is 2.33 bits per heavy atom. The van der Waals surface area contributed by atoms with Gasteiger partial charge in [-0.3, -0.25) is 14.4 Å². The summed E-state index contributed by atoms with van der Waals surface area (Å²) in [5, 5.41) is 2.74. The van der Waals surface area contributed by atoms with Crippen LogP contribution in [-0.2, 0) is 11.3 Å². The van der Waals surface area contributed by atoms with E-state index in [1.54, 1.807) is 36.4 Å². The van der Waals surface area contributed by atoms with Gasteiger partial charge in [0.15, 0.2) is 5.78 Å². The molecule has 0 bridgehead atoms. The van der Waals surface area contributed by atoms with Crippen LogP contribution in [0.2, 0.25) is 0 Å². The molecule has 0 spiro atoms. The summed E-state index contributed by atoms with van der Waals surface area (Å²) in [6.07, 6.45) is 0.290. The maximum atomic E-state index is 12.0. The van der Waals surface area contributed by atoms with Gasteiger partial charge in [0.2, 0.25) is 11.8 Å². The van der Waals surface area contributed by atoms with Gasteiger partial charge in [-0.05, 0) is 24.6 Å². The summed E-state index contributed by atoms with van der Waals surface area (Å²) in [5.41, 5.74) is 8.10. The number of hydrogen-bond donors (Lipinski definition) is 2. The number of carbonyl (C=O) groups excluding carboxylic acids is 3. The molecule has 0 aliphatic heterocycles. The number of carbonyl (C=O) groups is 3. The lowest BCUT2D eigenvalue weighted by atomic mass is 10.0. The fourth-order valence-corrected chi connectivity index (χ4v) is 2.23. The average Bonchev–Trinajstić information content (AvgIpc) is 2.58. The van der Waals surface area contributed by atoms with Crippen molar-refractivity contribution in [3.05, 3.63) is 70.8 Å². The smallest absolute Gasteiger partial charge is 0.248 e. The summed E-state index contributed by atoms with van der Waals surface area (Å²) in [6, 6.07) is 14.1. The second-order valence-corrected chi connectivity index (χ2v) is 5.63. The first-order chi connectivity index (χ1) is 11.5. The van der Waals surface area contributed by atoms with Crippen molar-refractivity contribution in [2.45, 2.75) is 26.3 Å². The molecule has 0 aromatic heterocycles. The molecule has 0 unspecified atom stereocenters. The average molecular weight is 324 g/mol. The number of aryl methyl sites for hydroxylation is 1. The number of ketones is 1. The lowest BCUT2D eigenvalue weighted by molar-refractivity contribution is -0.121. The minimum absolute atomic E-state index is 0.0547. The van der Waals surface area contributed by atoms with Crippen molar-refractivity contribution in [2.75, 3.05) is 0 Å². The van der Waals surface area contributed by atoms with Crippen molar-refractivity contribution in [2.24, 2.45) is 5.73 Å². The molecule has 0 radical (unpaired) electrons. The lowest BCUT2D eigenvalue weighted by Gasteiger charge is -2.06. The van der Waals surface area contributed by atoms with Gasteiger partial charge in [-0.1, -0.05) is 42.0 Å². The zero-order chi connectivity index (χ0) is 17.5. The quantitative estimate of drug-likeness (QED) is 0.766. The minimum atomic E-state index is -0.508. The van der Waals surface area contributed by atoms with Gasteiger partial charge in [-0.25, -0.2) is 0 Å². The Morgan fingerprint density at radius 1 is 0.958 bits per heavy atom. The van der Waals surface area contributed by atoms with Crippen LogP contribution in [0.25, 0.3) is 0 Å². The van der Waals surface area contributed by atoms with Gasteiger partial charge in [0.05, 0.1) is 0 Å². The van der Waals surface area contributed by atoms with Crippen LogP contribution in [0.15, 0.2) is 48.5 Å². The zero-order valence-electron chi connectivity index (χ0n) is 13.5. The number of amides is 2. The molecule has 0 atom stereocenters. The molecule has 2 rings (SSSR count). The van der Waals surface area contributed by atoms with E-state index in [0.717, 1.165) is 11.1 Å². The molecule has 24 heavy (non-hydrogen) atoms. The van der Waals surface area contributed by atoms with Crippen LogP contribution in [0.3, 0.4) is 0 Å². The van der Waals surface area contributed by atoms with E-state index in [1.165, 1.54) is 0 Å². The second kappa shape index (κ2) is 8.06. The third-order valence-electron chi connectivity index (χ3n) is 3.65. The number of Topliss-reactive ketones (excluding diaryl/α,β-unsaturated/α-hetero) is 1. The fraction of sp³-hybridized carbons (Fsp3) is 0.211. The van der Waals surface area contributed by atoms with Gasteiger partial charge < -0.3 is 11.1 Å². The van der Waals surface area contributed by atoms with Crippen LogP contribution in [0, 0.1) is 6.92 Å². The molecule has 124 valence electrons. The van der Waals surface area contributed by atoms with Crippen LogP contribution in [0.4, 0.5) is 0 Å². The highest BCUT2D eigenvalue weighted by Gasteiger charge is 2.09. The van der Waals surface area contributed by atoms with Crippen LogP contribution in [-0.4, -0.2) is 17.6 Å². The van der Waals surface area contributed by atoms with E-state index in [2.05, 4.69) is 5.32 Å². The van der Waals surface area contributed by atoms with E-state index in [-0.39, 0.29) is 24.5 Å². The number of nitrogens with one attached hydrogen (secondary N) is 1. The Labute approximate surface area is 140 Å². The van der Waals surface area contributed by atoms with Gasteiger partial charge in [0.1, 0.15) is 0 Å². The Morgan fingerprint density at radius 2 is 1.67 bits per heavy atom. The molecule has 0 saturated carbocycles. The monoisotopic (exact) mass is 324 g/mol. The SMILES string of the molecule is Cc1ccc(C(=O)CCC(=O)NCc2cccc(C(N)=O)c2)cc1. The van der Waals surface area contributed by atoms with Crippen molar-refractivity contribution in [1.82, 2.24) is 5.32 Å². The highest BCUT2D eigenvalue weighted by atomic mass is 16.2. The summed E-state index contributed by atoms with van der Waals surface area (Å²) in [7, 11) is 0. The van der Waals surface area contributed by atoms with Crippen molar-refractivity contribution >= 4 is 17.6 Å². The molecule has 0 aliphatic rings. The summed E-state index contributed by atoms with van der Waals surface area (Å²) in [4.78, 5) is 35.0. The molecule has 2 amide bonds. The Bertz CT molecular complexity index is 751. The van der Waals surface area contributed by atoms with Crippen LogP contribution in [0.5, 0.6) is 0 Å². The summed E-state index contributed by atoms with van der Waals surface area (Å²) in [6.45, 7) is 2.24. The summed E-state index contributed by atoms with van der Waals surface area (Å²) in [5.74, 6) is -0.771. The van der Waals surface area contributed by atoms with Gasteiger partial charge in [0.25, 0.3) is 0 Å². The minimum Gasteiger partial charge on any atom is -0.366 e. The van der Waals surface area contributed by atoms with Gasteiger partial charge in [-0.2, -0.15) is 0 Å². The molecule has 2 aromatic carbocycles. The summed E-state index contributed by atoms with van der Waals surface area (Å²) >= 11 is 0. The highest BCUT2D eigenvalue weighted by molar-refractivity contribution is 5.98. The molecule has 0 saturated heterocycles. The van der Waals surface area contributed by atoms with E-state index >= 15 is 0 Å². The topological polar surface area (TPSA) is 89.3 Å². The van der Waals surface area contributed by atoms with Gasteiger partial charge in [0, 0.05) is 30.5 Å². The number of primary amides is 1. The third-order valence-corrected chi connectivity index (χ3v) is 3.65. The third kappa shape index (κ3) is 5.05. The molecule has 3 N–H and O–H groups in total. The normalized spacial score (nSPS) is 10.2. The first-order valence-electron chi connectivity index (χ1n) is 7.71. The molecule has 5 nitrogen and oxygen atoms in total. The molecule has 0 aliphatic carbocycles. The Hall–Kier alpha value is -2.95. The fourth-order valence-electron chi connectivity index (χ4n) is 2.23. The molecule has 2 aromatic rings. The second-order valence-electron chi connectivity index (χ2n) is 5.63. The Kier molecular flexibility index (Phi) is 5.84. The Balaban J connectivity index is 1.81. The maximum absolute atomic E-state index is 12.0. The first kappa shape index (κ1) is 17.4. The van der Waals surface area contributed by atoms with Crippen molar-refractivity contribution in [3.8, 4) is 0 Å². The molecule has 0 heterocycles. The van der Waals surface area contributed by atoms with Crippen LogP contribution in [0.1, 0.15) is 44.7 Å². The van der Waals surface area contributed by atoms with E-state index in [1.807, 2.05) is 19.1 Å². The number of rotatable bonds is 7. The molecule has 5 heteroatoms. The van der Waals surface area contributed by atoms with Crippen LogP contribution < -0.4 is 11.1 Å². The maximum Gasteiger partial charge on any atom is 0.248 e. The first-order valence-corrected chi connectivity index (χ1v) is 7.71. The predicted molar refractivity (Wildman–Crippen MR) is 91.6 cm³/mol. The molecular formula is C19H20N2O3. The predicted octanol–water partition coefficient (Wildman–Crippen LogP) is 2.37. The largest absolute Gasteiger partial charge is 0.366 e. The van der Waals surface area contributed by atoms with Gasteiger partial charge >= 0.3 is 0 Å². The highest BCUT2D eigenvalue weighted by Crippen LogP contribution is 2.08. The van der Waals surface area contributed by atoms with E-state index in [9.17, 15) is 14.4 Å². The van der Waals surface area contributed by atoms with Crippen LogP contribution >= 0.6 is 0 Å². The van der Waals surface area contributed by atoms with E-state index < -0.39 is 5.91 Å². The van der Waals surface area contributed by atoms with Crippen molar-refractivity contribution in [1.29, 1.82) is 0 Å². The molecular weight excluding hydrogens is 304 g/mol. The van der Waals surface area contributed by atoms with E-state index in [4.69, 9.17) is 5.73 Å². The van der Waals surface area contributed by atoms with Crippen molar-refractivity contribution < 1.29 is 14.4 Å². The van der Waals surface area contributed by atoms with Crippen molar-refractivity contribution in [3.63, 3.8) is 0 Å². The zero-order valence-corrected chi connectivity index (χ0v) is 13.5. The number of nitrogens with two attached hydrogens (primary N) is 1. The van der Waals surface area contributed by atoms with E-state index in [0.29, 0.717) is 17.7 Å².